The maximum absolute atomic E-state index is 13.0. The molecule has 9 nitrogen and oxygen atoms in total. The second-order valence-electron chi connectivity index (χ2n) is 7.71. The number of nitrogens with zero attached hydrogens (tertiary/aromatic N) is 2. The molecule has 0 bridgehead atoms. The van der Waals surface area contributed by atoms with E-state index in [1.807, 2.05) is 30.3 Å². The van der Waals surface area contributed by atoms with Gasteiger partial charge in [-0.3, -0.25) is 14.9 Å². The van der Waals surface area contributed by atoms with Crippen molar-refractivity contribution in [2.75, 3.05) is 11.9 Å². The van der Waals surface area contributed by atoms with Crippen molar-refractivity contribution in [3.63, 3.8) is 0 Å². The van der Waals surface area contributed by atoms with Gasteiger partial charge in [0.15, 0.2) is 0 Å². The van der Waals surface area contributed by atoms with Crippen molar-refractivity contribution >= 4 is 55.9 Å². The fourth-order valence-corrected chi connectivity index (χ4v) is 4.71. The van der Waals surface area contributed by atoms with Gasteiger partial charge < -0.3 is 14.5 Å². The normalized spacial score (nSPS) is 11.0. The molecule has 4 aromatic rings. The zero-order valence-electron chi connectivity index (χ0n) is 19.8. The molecule has 0 aliphatic rings. The van der Waals surface area contributed by atoms with E-state index in [0.29, 0.717) is 16.9 Å². The van der Waals surface area contributed by atoms with E-state index < -0.39 is 16.8 Å². The van der Waals surface area contributed by atoms with Crippen molar-refractivity contribution < 1.29 is 23.7 Å². The minimum Gasteiger partial charge on any atom is -0.462 e. The van der Waals surface area contributed by atoms with Gasteiger partial charge in [0, 0.05) is 39.2 Å². The summed E-state index contributed by atoms with van der Waals surface area (Å²) in [5.41, 5.74) is 1.85. The number of carbonyl (C=O) groups excluding carboxylic acids is 2. The number of amides is 1. The van der Waals surface area contributed by atoms with Crippen molar-refractivity contribution in [2.45, 2.75) is 6.92 Å². The van der Waals surface area contributed by atoms with Crippen molar-refractivity contribution in [3.05, 3.63) is 97.5 Å². The highest BCUT2D eigenvalue weighted by Crippen LogP contribution is 2.37. The third-order valence-electron chi connectivity index (χ3n) is 5.29. The molecule has 38 heavy (non-hydrogen) atoms. The van der Waals surface area contributed by atoms with Gasteiger partial charge in [-0.2, -0.15) is 5.26 Å². The van der Waals surface area contributed by atoms with Gasteiger partial charge in [0.25, 0.3) is 11.6 Å². The number of nitrogens with one attached hydrogen (secondary N) is 1. The summed E-state index contributed by atoms with van der Waals surface area (Å²) >= 11 is 4.53. The molecule has 0 saturated heterocycles. The van der Waals surface area contributed by atoms with Crippen LogP contribution in [0.1, 0.15) is 23.0 Å². The fourth-order valence-electron chi connectivity index (χ4n) is 3.49. The van der Waals surface area contributed by atoms with Crippen LogP contribution in [0.25, 0.3) is 28.5 Å². The molecule has 0 fully saturated rings. The molecule has 0 aliphatic heterocycles. The van der Waals surface area contributed by atoms with Crippen LogP contribution in [0.5, 0.6) is 0 Å². The monoisotopic (exact) mass is 591 g/mol. The van der Waals surface area contributed by atoms with Crippen molar-refractivity contribution in [1.82, 2.24) is 0 Å². The summed E-state index contributed by atoms with van der Waals surface area (Å²) in [7, 11) is 0. The van der Waals surface area contributed by atoms with E-state index in [0.717, 1.165) is 21.4 Å². The maximum atomic E-state index is 13.0. The van der Waals surface area contributed by atoms with Crippen LogP contribution < -0.4 is 5.32 Å². The quantitative estimate of drug-likeness (QED) is 0.0760. The number of hydrogen-bond donors (Lipinski definition) is 1. The number of rotatable bonds is 8. The molecule has 11 heteroatoms. The number of esters is 1. The van der Waals surface area contributed by atoms with Crippen molar-refractivity contribution in [2.24, 2.45) is 0 Å². The summed E-state index contributed by atoms with van der Waals surface area (Å²) in [6.07, 6.45) is 1.28. The van der Waals surface area contributed by atoms with Crippen molar-refractivity contribution in [3.8, 4) is 28.5 Å². The molecule has 0 saturated carbocycles. The Bertz CT molecular complexity index is 1580. The molecule has 1 N–H and O–H groups in total. The molecule has 2 aromatic carbocycles. The van der Waals surface area contributed by atoms with Crippen LogP contribution in [0, 0.1) is 21.4 Å². The predicted octanol–water partition coefficient (Wildman–Crippen LogP) is 7.07. The third-order valence-corrected chi connectivity index (χ3v) is 6.72. The number of halogens is 1. The standard InChI is InChI=1S/C27H18BrN3O6S/c1-2-36-27(33)24-22(16-3-7-19(28)8-4-16)15-38-26(24)30-25(32)18(14-29)13-21-11-12-23(37-21)17-5-9-20(10-6-17)31(34)35/h3-13,15H,2H2,1H3,(H,30,32). The predicted molar refractivity (Wildman–Crippen MR) is 146 cm³/mol. The lowest BCUT2D eigenvalue weighted by Gasteiger charge is -2.08. The number of nitriles is 1. The van der Waals surface area contributed by atoms with Crippen LogP contribution in [0.15, 0.2) is 80.5 Å². The Labute approximate surface area is 229 Å². The third kappa shape index (κ3) is 5.88. The molecule has 0 aliphatic carbocycles. The van der Waals surface area contributed by atoms with E-state index >= 15 is 0 Å². The number of anilines is 1. The number of thiophene rings is 1. The molecule has 2 heterocycles. The van der Waals surface area contributed by atoms with E-state index in [1.165, 1.54) is 18.2 Å². The van der Waals surface area contributed by atoms with E-state index in [2.05, 4.69) is 21.2 Å². The molecule has 0 radical (unpaired) electrons. The van der Waals surface area contributed by atoms with Gasteiger partial charge in [0.1, 0.15) is 33.7 Å². The molecular weight excluding hydrogens is 574 g/mol. The van der Waals surface area contributed by atoms with Crippen molar-refractivity contribution in [1.29, 1.82) is 5.26 Å². The van der Waals surface area contributed by atoms with Crippen LogP contribution in [-0.4, -0.2) is 23.4 Å². The Hall–Kier alpha value is -4.53. The number of hydrogen-bond acceptors (Lipinski definition) is 8. The summed E-state index contributed by atoms with van der Waals surface area (Å²) in [5, 5.41) is 25.1. The van der Waals surface area contributed by atoms with Gasteiger partial charge in [0.05, 0.1) is 11.5 Å². The second kappa shape index (κ2) is 11.7. The minimum absolute atomic E-state index is 0.0529. The Kier molecular flexibility index (Phi) is 8.15. The Morgan fingerprint density at radius 3 is 2.45 bits per heavy atom. The minimum atomic E-state index is -0.726. The van der Waals surface area contributed by atoms with Crippen LogP contribution in [0.4, 0.5) is 10.7 Å². The van der Waals surface area contributed by atoms with E-state index in [9.17, 15) is 25.0 Å². The summed E-state index contributed by atoms with van der Waals surface area (Å²) in [6.45, 7) is 1.84. The number of benzene rings is 2. The largest absolute Gasteiger partial charge is 0.462 e. The van der Waals surface area contributed by atoms with Crippen LogP contribution in [-0.2, 0) is 9.53 Å². The highest BCUT2D eigenvalue weighted by atomic mass is 79.9. The maximum Gasteiger partial charge on any atom is 0.341 e. The summed E-state index contributed by atoms with van der Waals surface area (Å²) in [6, 6.07) is 18.2. The zero-order valence-corrected chi connectivity index (χ0v) is 22.2. The highest BCUT2D eigenvalue weighted by molar-refractivity contribution is 9.10. The number of nitro groups is 1. The first-order chi connectivity index (χ1) is 18.3. The van der Waals surface area contributed by atoms with E-state index in [-0.39, 0.29) is 34.2 Å². The molecular formula is C27H18BrN3O6S. The molecule has 2 aromatic heterocycles. The topological polar surface area (TPSA) is 135 Å². The smallest absolute Gasteiger partial charge is 0.341 e. The Morgan fingerprint density at radius 1 is 1.13 bits per heavy atom. The first kappa shape index (κ1) is 26.5. The van der Waals surface area contributed by atoms with Gasteiger partial charge in [-0.1, -0.05) is 28.1 Å². The van der Waals surface area contributed by atoms with Gasteiger partial charge in [-0.25, -0.2) is 4.79 Å². The van der Waals surface area contributed by atoms with Crippen LogP contribution in [0.2, 0.25) is 0 Å². The van der Waals surface area contributed by atoms with E-state index in [1.54, 1.807) is 36.6 Å². The van der Waals surface area contributed by atoms with Gasteiger partial charge in [-0.05, 0) is 48.9 Å². The Balaban J connectivity index is 1.59. The first-order valence-electron chi connectivity index (χ1n) is 11.1. The van der Waals surface area contributed by atoms with Gasteiger partial charge in [0.2, 0.25) is 0 Å². The lowest BCUT2D eigenvalue weighted by molar-refractivity contribution is -0.384. The molecule has 1 amide bonds. The van der Waals surface area contributed by atoms with Crippen LogP contribution in [0.3, 0.4) is 0 Å². The molecule has 0 atom stereocenters. The SMILES string of the molecule is CCOC(=O)c1c(-c2ccc(Br)cc2)csc1NC(=O)C(C#N)=Cc1ccc(-c2ccc([N+](=O)[O-])cc2)o1. The average molecular weight is 592 g/mol. The first-order valence-corrected chi connectivity index (χ1v) is 12.8. The molecule has 4 rings (SSSR count). The lowest BCUT2D eigenvalue weighted by Crippen LogP contribution is -2.16. The number of furan rings is 1. The number of carbonyl (C=O) groups is 2. The van der Waals surface area contributed by atoms with Gasteiger partial charge in [-0.15, -0.1) is 11.3 Å². The number of nitro benzene ring substituents is 1. The van der Waals surface area contributed by atoms with Gasteiger partial charge >= 0.3 is 5.97 Å². The number of non-ortho nitro benzene ring substituents is 1. The van der Waals surface area contributed by atoms with Crippen LogP contribution >= 0.6 is 27.3 Å². The average Bonchev–Trinajstić information content (AvgIpc) is 3.55. The number of ether oxygens (including phenoxy) is 1. The zero-order chi connectivity index (χ0) is 27.2. The fraction of sp³-hybridized carbons (Fsp3) is 0.0741. The molecule has 0 spiro atoms. The Morgan fingerprint density at radius 2 is 1.82 bits per heavy atom. The molecule has 0 unspecified atom stereocenters. The molecule has 190 valence electrons. The summed E-state index contributed by atoms with van der Waals surface area (Å²) in [5.74, 6) is -0.679. The summed E-state index contributed by atoms with van der Waals surface area (Å²) < 4.78 is 11.8. The summed E-state index contributed by atoms with van der Waals surface area (Å²) in [4.78, 5) is 36.1. The lowest BCUT2D eigenvalue weighted by atomic mass is 10.0. The second-order valence-corrected chi connectivity index (χ2v) is 9.51. The van der Waals surface area contributed by atoms with E-state index in [4.69, 9.17) is 9.15 Å². The highest BCUT2D eigenvalue weighted by Gasteiger charge is 2.24.